The van der Waals surface area contributed by atoms with E-state index in [2.05, 4.69) is 16.9 Å². The predicted molar refractivity (Wildman–Crippen MR) is 92.0 cm³/mol. The zero-order valence-electron chi connectivity index (χ0n) is 13.7. The maximum Gasteiger partial charge on any atom is 0.410 e. The van der Waals surface area contributed by atoms with Gasteiger partial charge in [0, 0.05) is 17.6 Å². The van der Waals surface area contributed by atoms with E-state index in [9.17, 15) is 27.4 Å². The summed E-state index contributed by atoms with van der Waals surface area (Å²) in [7, 11) is -4.67. The Labute approximate surface area is 157 Å². The molecule has 3 heterocycles. The quantitative estimate of drug-likeness (QED) is 0.293. The van der Waals surface area contributed by atoms with E-state index in [0.29, 0.717) is 4.31 Å². The number of Topliss-reactive ketones (excluding diaryl/α,β-unsaturated/α-hetero) is 1. The molecule has 0 radical (unpaired) electrons. The molecule has 146 valence electrons. The lowest BCUT2D eigenvalue weighted by atomic mass is 9.95. The van der Waals surface area contributed by atoms with Crippen molar-refractivity contribution in [2.75, 3.05) is 25.4 Å². The highest BCUT2D eigenvalue weighted by molar-refractivity contribution is 7.83. The summed E-state index contributed by atoms with van der Waals surface area (Å²) in [6.07, 6.45) is -0.651. The number of ketones is 1. The number of nitrogen functional groups attached to an aromatic ring is 1. The topological polar surface area (TPSA) is 172 Å². The Morgan fingerprint density at radius 1 is 1.52 bits per heavy atom. The third-order valence-electron chi connectivity index (χ3n) is 4.08. The summed E-state index contributed by atoms with van der Waals surface area (Å²) in [4.78, 5) is 40.8. The first-order chi connectivity index (χ1) is 12.6. The van der Waals surface area contributed by atoms with Crippen LogP contribution in [0.15, 0.2) is 17.7 Å². The van der Waals surface area contributed by atoms with Crippen LogP contribution in [0.25, 0.3) is 0 Å². The van der Waals surface area contributed by atoms with Crippen LogP contribution in [0, 0.1) is 0 Å². The Kier molecular flexibility index (Phi) is 4.79. The van der Waals surface area contributed by atoms with Crippen LogP contribution in [-0.4, -0.2) is 76.7 Å². The molecular weight excluding hydrogens is 402 g/mol. The van der Waals surface area contributed by atoms with Crippen LogP contribution in [0.3, 0.4) is 0 Å². The van der Waals surface area contributed by atoms with E-state index in [0.717, 1.165) is 11.3 Å². The number of thiazole rings is 1. The van der Waals surface area contributed by atoms with Gasteiger partial charge in [0.1, 0.15) is 12.3 Å². The van der Waals surface area contributed by atoms with Crippen molar-refractivity contribution in [3.8, 4) is 0 Å². The number of nitrogens with one attached hydrogen (secondary N) is 1. The third-order valence-corrected chi connectivity index (χ3v) is 5.75. The van der Waals surface area contributed by atoms with Crippen molar-refractivity contribution in [2.45, 2.75) is 12.1 Å². The Balaban J connectivity index is 1.75. The van der Waals surface area contributed by atoms with E-state index in [1.54, 1.807) is 0 Å². The van der Waals surface area contributed by atoms with Gasteiger partial charge in [-0.1, -0.05) is 6.58 Å². The van der Waals surface area contributed by atoms with Crippen LogP contribution in [0.5, 0.6) is 0 Å². The van der Waals surface area contributed by atoms with Gasteiger partial charge in [0.15, 0.2) is 5.13 Å². The Morgan fingerprint density at radius 2 is 2.22 bits per heavy atom. The van der Waals surface area contributed by atoms with E-state index in [-0.39, 0.29) is 36.2 Å². The Morgan fingerprint density at radius 3 is 2.74 bits per heavy atom. The lowest BCUT2D eigenvalue weighted by Crippen LogP contribution is -2.69. The van der Waals surface area contributed by atoms with Crippen molar-refractivity contribution in [2.24, 2.45) is 0 Å². The highest BCUT2D eigenvalue weighted by Gasteiger charge is 2.51. The second kappa shape index (κ2) is 6.79. The largest absolute Gasteiger partial charge is 0.448 e. The molecule has 0 aromatic carbocycles. The van der Waals surface area contributed by atoms with Gasteiger partial charge in [-0.05, 0) is 0 Å². The summed E-state index contributed by atoms with van der Waals surface area (Å²) in [5.74, 6) is -2.00. The fourth-order valence-corrected chi connectivity index (χ4v) is 4.32. The van der Waals surface area contributed by atoms with Gasteiger partial charge in [0.2, 0.25) is 0 Å². The van der Waals surface area contributed by atoms with Gasteiger partial charge in [-0.25, -0.2) is 14.1 Å². The minimum atomic E-state index is -4.67. The van der Waals surface area contributed by atoms with E-state index < -0.39 is 40.2 Å². The van der Waals surface area contributed by atoms with Crippen LogP contribution >= 0.6 is 11.3 Å². The van der Waals surface area contributed by atoms with Gasteiger partial charge >= 0.3 is 16.4 Å². The van der Waals surface area contributed by atoms with E-state index in [1.165, 1.54) is 10.3 Å². The number of carbonyl (C=O) groups is 3. The first-order valence-electron chi connectivity index (χ1n) is 7.53. The number of anilines is 1. The minimum Gasteiger partial charge on any atom is -0.448 e. The molecule has 2 fully saturated rings. The zero-order valence-corrected chi connectivity index (χ0v) is 15.3. The summed E-state index contributed by atoms with van der Waals surface area (Å²) in [5, 5.41) is 3.78. The summed E-state index contributed by atoms with van der Waals surface area (Å²) in [6.45, 7) is 3.71. The molecule has 0 saturated carbocycles. The van der Waals surface area contributed by atoms with Gasteiger partial charge in [-0.2, -0.15) is 8.42 Å². The normalized spacial score (nSPS) is 22.4. The standard InChI is InChI=1S/C13H15N5O7S2/c1-6-9(16-11(20)10(19)7-5-26-12(14)15-7)8(18(6)27(22,23)24)4-17-2-3-25-13(17)21/h5,8-9H,1-4H2,(H2,14,15)(H,16,20)(H,22,23,24). The number of carbonyl (C=O) groups excluding carboxylic acids is 3. The molecule has 1 aromatic rings. The van der Waals surface area contributed by atoms with Crippen molar-refractivity contribution in [1.82, 2.24) is 19.5 Å². The lowest BCUT2D eigenvalue weighted by Gasteiger charge is -2.49. The van der Waals surface area contributed by atoms with Crippen molar-refractivity contribution < 1.29 is 32.1 Å². The van der Waals surface area contributed by atoms with Gasteiger partial charge in [0.05, 0.1) is 18.6 Å². The molecule has 2 unspecified atom stereocenters. The minimum absolute atomic E-state index is 0.113. The lowest BCUT2D eigenvalue weighted by molar-refractivity contribution is -0.118. The molecule has 14 heteroatoms. The number of ether oxygens (including phenoxy) is 1. The molecule has 2 aliphatic heterocycles. The van der Waals surface area contributed by atoms with Crippen LogP contribution in [0.1, 0.15) is 10.5 Å². The van der Waals surface area contributed by atoms with Crippen LogP contribution in [-0.2, 0) is 19.8 Å². The van der Waals surface area contributed by atoms with Crippen molar-refractivity contribution >= 4 is 44.6 Å². The molecule has 0 spiro atoms. The molecule has 0 bridgehead atoms. The first-order valence-corrected chi connectivity index (χ1v) is 9.81. The number of cyclic esters (lactones) is 1. The van der Waals surface area contributed by atoms with Crippen LogP contribution in [0.4, 0.5) is 9.93 Å². The van der Waals surface area contributed by atoms with Crippen LogP contribution < -0.4 is 11.1 Å². The molecular formula is C13H15N5O7S2. The van der Waals surface area contributed by atoms with Gasteiger partial charge in [-0.15, -0.1) is 11.3 Å². The smallest absolute Gasteiger partial charge is 0.410 e. The summed E-state index contributed by atoms with van der Waals surface area (Å²) >= 11 is 0.985. The fourth-order valence-electron chi connectivity index (χ4n) is 2.84. The second-order valence-electron chi connectivity index (χ2n) is 5.74. The van der Waals surface area contributed by atoms with E-state index >= 15 is 0 Å². The molecule has 2 saturated heterocycles. The predicted octanol–water partition coefficient (Wildman–Crippen LogP) is -1.15. The van der Waals surface area contributed by atoms with Crippen molar-refractivity contribution in [3.05, 3.63) is 23.3 Å². The van der Waals surface area contributed by atoms with Crippen molar-refractivity contribution in [3.63, 3.8) is 0 Å². The number of amides is 2. The molecule has 12 nitrogen and oxygen atoms in total. The average Bonchev–Trinajstić information content (AvgIpc) is 3.18. The highest BCUT2D eigenvalue weighted by Crippen LogP contribution is 2.32. The van der Waals surface area contributed by atoms with E-state index in [4.69, 9.17) is 10.5 Å². The maximum absolute atomic E-state index is 12.2. The monoisotopic (exact) mass is 417 g/mol. The molecule has 0 aliphatic carbocycles. The summed E-state index contributed by atoms with van der Waals surface area (Å²) in [6, 6.07) is -2.04. The number of nitrogens with zero attached hydrogens (tertiary/aromatic N) is 3. The molecule has 3 rings (SSSR count). The molecule has 4 N–H and O–H groups in total. The van der Waals surface area contributed by atoms with Gasteiger partial charge in [0.25, 0.3) is 11.7 Å². The zero-order chi connectivity index (χ0) is 19.9. The van der Waals surface area contributed by atoms with Gasteiger partial charge in [-0.3, -0.25) is 14.1 Å². The Hall–Kier alpha value is -2.71. The number of hydrogen-bond acceptors (Lipinski definition) is 9. The third kappa shape index (κ3) is 3.58. The number of rotatable bonds is 6. The Bertz CT molecular complexity index is 927. The molecule has 27 heavy (non-hydrogen) atoms. The number of hydrogen-bond donors (Lipinski definition) is 3. The van der Waals surface area contributed by atoms with Crippen molar-refractivity contribution in [1.29, 1.82) is 0 Å². The fraction of sp³-hybridized carbons (Fsp3) is 0.385. The van der Waals surface area contributed by atoms with Crippen LogP contribution in [0.2, 0.25) is 0 Å². The summed E-state index contributed by atoms with van der Waals surface area (Å²) in [5.41, 5.74) is 5.14. The van der Waals surface area contributed by atoms with Gasteiger partial charge < -0.3 is 20.7 Å². The maximum atomic E-state index is 12.2. The molecule has 2 atom stereocenters. The summed E-state index contributed by atoms with van der Waals surface area (Å²) < 4.78 is 37.8. The molecule has 2 aliphatic rings. The number of nitrogens with two attached hydrogens (primary N) is 1. The molecule has 1 aromatic heterocycles. The highest BCUT2D eigenvalue weighted by atomic mass is 32.2. The number of aromatic nitrogens is 1. The first kappa shape index (κ1) is 19.1. The second-order valence-corrected chi connectivity index (χ2v) is 7.92. The SMILES string of the molecule is C=C1C(NC(=O)C(=O)c2csc(N)n2)C(CN2CCOC2=O)N1S(=O)(=O)O. The molecule has 2 amide bonds. The average molecular weight is 417 g/mol. The van der Waals surface area contributed by atoms with E-state index in [1.807, 2.05) is 0 Å².